The molecule has 0 bridgehead atoms. The van der Waals surface area contributed by atoms with E-state index in [1.807, 2.05) is 30.3 Å². The molecule has 1 aliphatic heterocycles. The highest BCUT2D eigenvalue weighted by atomic mass is 16.5. The summed E-state index contributed by atoms with van der Waals surface area (Å²) in [5.74, 6) is -2.06. The molecule has 6 aromatic rings. The number of nitrogens with one attached hydrogen (secondary N) is 3. The first-order valence-electron chi connectivity index (χ1n) is 15.3. The largest absolute Gasteiger partial charge is 0.489 e. The Kier molecular flexibility index (Phi) is 6.83. The highest BCUT2D eigenvalue weighted by Gasteiger charge is 2.29. The summed E-state index contributed by atoms with van der Waals surface area (Å²) in [7, 11) is 0. The zero-order valence-electron chi connectivity index (χ0n) is 25.5. The van der Waals surface area contributed by atoms with Crippen LogP contribution >= 0.6 is 0 Å². The first-order chi connectivity index (χ1) is 23.6. The summed E-state index contributed by atoms with van der Waals surface area (Å²) < 4.78 is 5.67. The van der Waals surface area contributed by atoms with Crippen molar-refractivity contribution in [1.29, 1.82) is 0 Å². The quantitative estimate of drug-likeness (QED) is 0.144. The van der Waals surface area contributed by atoms with E-state index in [0.29, 0.717) is 43.7 Å². The van der Waals surface area contributed by atoms with Crippen molar-refractivity contribution in [2.45, 2.75) is 38.4 Å². The number of hydrogen-bond donors (Lipinski definition) is 5. The van der Waals surface area contributed by atoms with E-state index in [2.05, 4.69) is 40.6 Å². The van der Waals surface area contributed by atoms with E-state index in [1.165, 1.54) is 6.07 Å². The van der Waals surface area contributed by atoms with Crippen molar-refractivity contribution in [2.75, 3.05) is 17.2 Å². The van der Waals surface area contributed by atoms with Gasteiger partial charge in [0.1, 0.15) is 22.8 Å². The lowest BCUT2D eigenvalue weighted by atomic mass is 9.96. The molecule has 0 radical (unpaired) electrons. The smallest absolute Gasteiger partial charge is 0.439 e. The molecule has 2 aliphatic rings. The predicted octanol–water partition coefficient (Wildman–Crippen LogP) is 0.261. The minimum absolute atomic E-state index is 0.0146. The second kappa shape index (κ2) is 11.3. The molecule has 0 spiro atoms. The number of aromatic amines is 1. The second-order valence-electron chi connectivity index (χ2n) is 12.0. The van der Waals surface area contributed by atoms with Crippen LogP contribution in [0.3, 0.4) is 0 Å². The van der Waals surface area contributed by atoms with Gasteiger partial charge in [-0.3, -0.25) is 28.7 Å². The Hall–Kier alpha value is -6.65. The van der Waals surface area contributed by atoms with Crippen LogP contribution in [0.2, 0.25) is 0 Å². The monoisotopic (exact) mass is 662 g/mol. The third-order valence-electron chi connectivity index (χ3n) is 9.04. The Balaban J connectivity index is 0.989. The summed E-state index contributed by atoms with van der Waals surface area (Å²) in [6, 6.07) is 12.2. The van der Waals surface area contributed by atoms with Gasteiger partial charge in [-0.2, -0.15) is 4.52 Å². The SMILES string of the molecule is Nc1c(N2CCc3ccc(CNC(=O)c4cc(C(=O)N[C@H]5CCc6cc(-c7noc(=O)[nH]7)ccc65)n5nnc(O)c5n4)cc3C2)c(=O)c1=O. The molecule has 1 atom stereocenters. The van der Waals surface area contributed by atoms with E-state index in [0.717, 1.165) is 32.3 Å². The number of nitrogen functional groups attached to an aromatic ring is 1. The topological polar surface area (TPSA) is 244 Å². The molecule has 3 aromatic heterocycles. The Morgan fingerprint density at radius 1 is 1.02 bits per heavy atom. The maximum Gasteiger partial charge on any atom is 0.439 e. The van der Waals surface area contributed by atoms with E-state index in [-0.39, 0.29) is 41.0 Å². The third kappa shape index (κ3) is 5.07. The Labute approximate surface area is 274 Å². The van der Waals surface area contributed by atoms with Gasteiger partial charge in [0, 0.05) is 31.3 Å². The van der Waals surface area contributed by atoms with Gasteiger partial charge >= 0.3 is 5.76 Å². The molecule has 0 saturated carbocycles. The second-order valence-corrected chi connectivity index (χ2v) is 12.0. The van der Waals surface area contributed by atoms with Crippen molar-refractivity contribution >= 4 is 28.8 Å². The lowest BCUT2D eigenvalue weighted by molar-refractivity contribution is 0.0928. The number of amides is 2. The summed E-state index contributed by atoms with van der Waals surface area (Å²) in [5.41, 5.74) is 9.75. The normalized spacial score (nSPS) is 15.3. The van der Waals surface area contributed by atoms with Crippen molar-refractivity contribution in [1.82, 2.24) is 40.6 Å². The van der Waals surface area contributed by atoms with E-state index in [1.54, 1.807) is 11.0 Å². The zero-order chi connectivity index (χ0) is 34.0. The van der Waals surface area contributed by atoms with Gasteiger partial charge in [-0.25, -0.2) is 9.78 Å². The predicted molar refractivity (Wildman–Crippen MR) is 172 cm³/mol. The number of fused-ring (bicyclic) bond motifs is 3. The van der Waals surface area contributed by atoms with Crippen molar-refractivity contribution in [3.8, 4) is 17.3 Å². The van der Waals surface area contributed by atoms with Crippen LogP contribution in [0.25, 0.3) is 17.0 Å². The first kappa shape index (κ1) is 29.7. The zero-order valence-corrected chi connectivity index (χ0v) is 25.5. The van der Waals surface area contributed by atoms with Gasteiger partial charge in [0.05, 0.1) is 6.04 Å². The molecule has 17 nitrogen and oxygen atoms in total. The van der Waals surface area contributed by atoms with Crippen LogP contribution < -0.4 is 37.9 Å². The van der Waals surface area contributed by atoms with Gasteiger partial charge in [-0.05, 0) is 53.1 Å². The van der Waals surface area contributed by atoms with Crippen molar-refractivity contribution < 1.29 is 19.2 Å². The minimum atomic E-state index is -0.660. The van der Waals surface area contributed by atoms with E-state index < -0.39 is 34.3 Å². The molecule has 6 N–H and O–H groups in total. The lowest BCUT2D eigenvalue weighted by Crippen LogP contribution is -2.44. The number of H-pyrrole nitrogens is 1. The van der Waals surface area contributed by atoms with Crippen LogP contribution in [0.5, 0.6) is 5.88 Å². The van der Waals surface area contributed by atoms with Gasteiger partial charge in [-0.1, -0.05) is 45.8 Å². The number of nitrogens with two attached hydrogens (primary N) is 1. The molecule has 0 unspecified atom stereocenters. The van der Waals surface area contributed by atoms with Crippen LogP contribution in [-0.4, -0.2) is 53.4 Å². The Morgan fingerprint density at radius 3 is 2.67 bits per heavy atom. The molecule has 8 rings (SSSR count). The standard InChI is InChI=1S/C32H26N10O7/c33-23-24(26(44)25(23)43)41-8-7-15-2-1-14(9-18(15)13-41)12-34-29(45)21-11-22(42-28(35-21)31(47)38-40-42)30(46)36-20-6-4-16-10-17(3-5-19(16)20)27-37-32(48)49-39-27/h1-3,5,9-11,20,47H,4,6-8,12-13,33H2,(H,34,45)(H,36,46)(H,37,39,48)/t20-/m0/s1. The fourth-order valence-corrected chi connectivity index (χ4v) is 6.54. The summed E-state index contributed by atoms with van der Waals surface area (Å²) in [6.07, 6.45) is 1.92. The Morgan fingerprint density at radius 2 is 1.88 bits per heavy atom. The number of aryl methyl sites for hydroxylation is 1. The molecule has 0 saturated heterocycles. The molecule has 0 fully saturated rings. The fourth-order valence-electron chi connectivity index (χ4n) is 6.54. The number of benzene rings is 2. The molecule has 2 amide bonds. The number of rotatable bonds is 7. The molecule has 3 aromatic carbocycles. The van der Waals surface area contributed by atoms with Crippen molar-refractivity contribution in [3.63, 3.8) is 0 Å². The average molecular weight is 663 g/mol. The maximum absolute atomic E-state index is 13.6. The van der Waals surface area contributed by atoms with Crippen LogP contribution in [0.15, 0.2) is 61.4 Å². The number of anilines is 2. The highest BCUT2D eigenvalue weighted by molar-refractivity contribution is 5.98. The molecule has 246 valence electrons. The molecule has 49 heavy (non-hydrogen) atoms. The van der Waals surface area contributed by atoms with Gasteiger partial charge in [0.15, 0.2) is 5.82 Å². The highest BCUT2D eigenvalue weighted by Crippen LogP contribution is 2.34. The van der Waals surface area contributed by atoms with Crippen molar-refractivity contribution in [2.24, 2.45) is 0 Å². The summed E-state index contributed by atoms with van der Waals surface area (Å²) in [6.45, 7) is 1.07. The summed E-state index contributed by atoms with van der Waals surface area (Å²) in [5, 5.41) is 27.3. The average Bonchev–Trinajstić information content (AvgIpc) is 3.84. The van der Waals surface area contributed by atoms with Gasteiger partial charge in [0.25, 0.3) is 28.6 Å². The third-order valence-corrected chi connectivity index (χ3v) is 9.04. The minimum Gasteiger partial charge on any atom is -0.489 e. The fraction of sp³-hybridized carbons (Fsp3) is 0.219. The van der Waals surface area contributed by atoms with Crippen LogP contribution in [0, 0.1) is 0 Å². The van der Waals surface area contributed by atoms with E-state index >= 15 is 0 Å². The molecule has 17 heteroatoms. The number of carbonyl (C=O) groups is 2. The van der Waals surface area contributed by atoms with E-state index in [4.69, 9.17) is 5.73 Å². The van der Waals surface area contributed by atoms with Crippen LogP contribution in [0.4, 0.5) is 11.4 Å². The molecule has 1 aliphatic carbocycles. The van der Waals surface area contributed by atoms with Gasteiger partial charge in [0.2, 0.25) is 5.65 Å². The summed E-state index contributed by atoms with van der Waals surface area (Å²) >= 11 is 0. The first-order valence-corrected chi connectivity index (χ1v) is 15.3. The number of carbonyl (C=O) groups excluding carboxylic acids is 2. The van der Waals surface area contributed by atoms with Crippen molar-refractivity contribution in [3.05, 3.63) is 113 Å². The number of aromatic nitrogens is 6. The number of nitrogens with zero attached hydrogens (tertiary/aromatic N) is 6. The maximum atomic E-state index is 13.6. The molecular formula is C32H26N10O7. The van der Waals surface area contributed by atoms with E-state index in [9.17, 15) is 29.1 Å². The van der Waals surface area contributed by atoms with Crippen LogP contribution in [-0.2, 0) is 25.9 Å². The lowest BCUT2D eigenvalue weighted by Gasteiger charge is -2.32. The van der Waals surface area contributed by atoms with Crippen LogP contribution in [0.1, 0.15) is 61.3 Å². The molecular weight excluding hydrogens is 636 g/mol. The number of hydrogen-bond acceptors (Lipinski definition) is 13. The molecule has 4 heterocycles. The summed E-state index contributed by atoms with van der Waals surface area (Å²) in [4.78, 5) is 70.5. The van der Waals surface area contributed by atoms with Gasteiger partial charge in [-0.15, -0.1) is 0 Å². The Bertz CT molecular complexity index is 2470. The number of aromatic hydroxyl groups is 1. The van der Waals surface area contributed by atoms with Gasteiger partial charge < -0.3 is 26.4 Å².